The van der Waals surface area contributed by atoms with Crippen molar-refractivity contribution < 1.29 is 9.53 Å². The number of carbonyl (C=O) groups excluding carboxylic acids is 1. The van der Waals surface area contributed by atoms with Crippen molar-refractivity contribution in [3.8, 4) is 5.75 Å². The van der Waals surface area contributed by atoms with Gasteiger partial charge in [0.15, 0.2) is 0 Å². The molecule has 3 N–H and O–H groups in total. The van der Waals surface area contributed by atoms with Gasteiger partial charge in [0.2, 0.25) is 0 Å². The molecule has 0 saturated heterocycles. The molecule has 1 amide bonds. The van der Waals surface area contributed by atoms with Gasteiger partial charge in [-0.25, -0.2) is 15.5 Å². The van der Waals surface area contributed by atoms with E-state index in [0.29, 0.717) is 24.5 Å². The molecule has 7 nitrogen and oxygen atoms in total. The van der Waals surface area contributed by atoms with E-state index in [4.69, 9.17) is 10.6 Å². The third-order valence-electron chi connectivity index (χ3n) is 2.76. The van der Waals surface area contributed by atoms with Crippen molar-refractivity contribution in [1.29, 1.82) is 0 Å². The number of rotatable bonds is 5. The van der Waals surface area contributed by atoms with Crippen LogP contribution in [0, 0.1) is 13.8 Å². The highest BCUT2D eigenvalue weighted by Crippen LogP contribution is 2.13. The van der Waals surface area contributed by atoms with Crippen LogP contribution in [0.15, 0.2) is 24.3 Å². The van der Waals surface area contributed by atoms with Crippen LogP contribution in [0.3, 0.4) is 0 Å². The molecular formula is C13H17N5O2. The minimum atomic E-state index is -0.349. The van der Waals surface area contributed by atoms with Crippen LogP contribution < -0.4 is 16.0 Å². The molecule has 0 spiro atoms. The van der Waals surface area contributed by atoms with Gasteiger partial charge in [0, 0.05) is 5.56 Å². The molecule has 0 aliphatic carbocycles. The first-order valence-corrected chi connectivity index (χ1v) is 6.22. The molecule has 20 heavy (non-hydrogen) atoms. The van der Waals surface area contributed by atoms with Crippen molar-refractivity contribution >= 4 is 5.91 Å². The Morgan fingerprint density at radius 2 is 2.25 bits per heavy atom. The summed E-state index contributed by atoms with van der Waals surface area (Å²) in [6.07, 6.45) is 0. The second-order valence-electron chi connectivity index (χ2n) is 4.28. The van der Waals surface area contributed by atoms with Crippen LogP contribution in [-0.2, 0) is 6.54 Å². The zero-order valence-electron chi connectivity index (χ0n) is 11.5. The number of nitrogens with one attached hydrogen (secondary N) is 1. The highest BCUT2D eigenvalue weighted by atomic mass is 16.5. The lowest BCUT2D eigenvalue weighted by atomic mass is 10.2. The van der Waals surface area contributed by atoms with E-state index < -0.39 is 0 Å². The number of hydrogen-bond acceptors (Lipinski definition) is 5. The smallest absolute Gasteiger partial charge is 0.265 e. The summed E-state index contributed by atoms with van der Waals surface area (Å²) in [5.74, 6) is 6.94. The summed E-state index contributed by atoms with van der Waals surface area (Å²) in [7, 11) is 0. The molecule has 2 aromatic rings. The lowest BCUT2D eigenvalue weighted by Crippen LogP contribution is -2.29. The Bertz CT molecular complexity index is 609. The van der Waals surface area contributed by atoms with Gasteiger partial charge in [-0.1, -0.05) is 6.07 Å². The maximum Gasteiger partial charge on any atom is 0.265 e. The van der Waals surface area contributed by atoms with E-state index >= 15 is 0 Å². The highest BCUT2D eigenvalue weighted by Gasteiger charge is 2.05. The highest BCUT2D eigenvalue weighted by molar-refractivity contribution is 5.94. The molecule has 0 aliphatic heterocycles. The van der Waals surface area contributed by atoms with Crippen LogP contribution in [0.25, 0.3) is 0 Å². The van der Waals surface area contributed by atoms with Crippen LogP contribution in [0.2, 0.25) is 0 Å². The first-order valence-electron chi connectivity index (χ1n) is 6.22. The Kier molecular flexibility index (Phi) is 4.31. The molecule has 106 valence electrons. The minimum Gasteiger partial charge on any atom is -0.492 e. The molecule has 1 heterocycles. The molecule has 0 fully saturated rings. The third-order valence-corrected chi connectivity index (χ3v) is 2.76. The molecule has 0 saturated carbocycles. The molecule has 2 rings (SSSR count). The van der Waals surface area contributed by atoms with Gasteiger partial charge in [0.05, 0.1) is 6.54 Å². The van der Waals surface area contributed by atoms with Gasteiger partial charge < -0.3 is 4.74 Å². The van der Waals surface area contributed by atoms with Crippen molar-refractivity contribution in [1.82, 2.24) is 20.2 Å². The average Bonchev–Trinajstić information content (AvgIpc) is 2.76. The predicted molar refractivity (Wildman–Crippen MR) is 73.1 cm³/mol. The number of amides is 1. The largest absolute Gasteiger partial charge is 0.492 e. The van der Waals surface area contributed by atoms with Crippen LogP contribution in [0.5, 0.6) is 5.75 Å². The van der Waals surface area contributed by atoms with Gasteiger partial charge in [-0.2, -0.15) is 5.10 Å². The molecule has 1 aromatic heterocycles. The summed E-state index contributed by atoms with van der Waals surface area (Å²) in [4.78, 5) is 15.6. The Hall–Kier alpha value is -2.41. The molecule has 0 radical (unpaired) electrons. The molecule has 1 aromatic carbocycles. The topological polar surface area (TPSA) is 95.1 Å². The normalized spacial score (nSPS) is 10.3. The number of aryl methyl sites for hydroxylation is 2. The molecule has 0 bridgehead atoms. The second kappa shape index (κ2) is 6.16. The first-order chi connectivity index (χ1) is 9.60. The fourth-order valence-corrected chi connectivity index (χ4v) is 1.83. The molecule has 0 atom stereocenters. The monoisotopic (exact) mass is 275 g/mol. The first kappa shape index (κ1) is 14.0. The van der Waals surface area contributed by atoms with Crippen molar-refractivity contribution in [2.75, 3.05) is 6.61 Å². The Labute approximate surface area is 116 Å². The number of nitrogens with two attached hydrogens (primary N) is 1. The summed E-state index contributed by atoms with van der Waals surface area (Å²) in [5.41, 5.74) is 2.54. The van der Waals surface area contributed by atoms with Gasteiger partial charge in [0.25, 0.3) is 5.91 Å². The average molecular weight is 275 g/mol. The van der Waals surface area contributed by atoms with Crippen LogP contribution in [-0.4, -0.2) is 27.3 Å². The summed E-state index contributed by atoms with van der Waals surface area (Å²) in [6.45, 7) is 4.78. The SMILES string of the molecule is Cc1nc(C)n(CCOc2cccc(C(=O)NN)c2)n1. The standard InChI is InChI=1S/C13H17N5O2/c1-9-15-10(2)18(17-9)6-7-20-12-5-3-4-11(8-12)13(19)16-14/h3-5,8H,6-7,14H2,1-2H3,(H,16,19). The van der Waals surface area contributed by atoms with Gasteiger partial charge in [0.1, 0.15) is 24.0 Å². The maximum absolute atomic E-state index is 11.4. The van der Waals surface area contributed by atoms with Gasteiger partial charge in [-0.05, 0) is 32.0 Å². The number of benzene rings is 1. The zero-order chi connectivity index (χ0) is 14.5. The van der Waals surface area contributed by atoms with Crippen molar-refractivity contribution in [3.63, 3.8) is 0 Å². The lowest BCUT2D eigenvalue weighted by molar-refractivity contribution is 0.0953. The molecule has 7 heteroatoms. The van der Waals surface area contributed by atoms with E-state index in [1.165, 1.54) is 0 Å². The minimum absolute atomic E-state index is 0.349. The van der Waals surface area contributed by atoms with E-state index in [0.717, 1.165) is 11.6 Å². The predicted octanol–water partition coefficient (Wildman–Crippen LogP) is 0.577. The van der Waals surface area contributed by atoms with Crippen LogP contribution in [0.4, 0.5) is 0 Å². The lowest BCUT2D eigenvalue weighted by Gasteiger charge is -2.08. The zero-order valence-corrected chi connectivity index (χ0v) is 11.5. The summed E-state index contributed by atoms with van der Waals surface area (Å²) >= 11 is 0. The van der Waals surface area contributed by atoms with Crippen LogP contribution >= 0.6 is 0 Å². The number of nitrogen functional groups attached to an aromatic ring is 1. The fraction of sp³-hybridized carbons (Fsp3) is 0.308. The van der Waals surface area contributed by atoms with Gasteiger partial charge in [-0.3, -0.25) is 10.2 Å². The van der Waals surface area contributed by atoms with E-state index in [1.807, 2.05) is 13.8 Å². The van der Waals surface area contributed by atoms with E-state index in [-0.39, 0.29) is 5.91 Å². The Balaban J connectivity index is 1.94. The van der Waals surface area contributed by atoms with Gasteiger partial charge >= 0.3 is 0 Å². The Morgan fingerprint density at radius 3 is 2.90 bits per heavy atom. The van der Waals surface area contributed by atoms with Gasteiger partial charge in [-0.15, -0.1) is 0 Å². The molecule has 0 aliphatic rings. The molecular weight excluding hydrogens is 258 g/mol. The number of hydrogen-bond donors (Lipinski definition) is 2. The summed E-state index contributed by atoms with van der Waals surface area (Å²) < 4.78 is 7.38. The fourth-order valence-electron chi connectivity index (χ4n) is 1.83. The second-order valence-corrected chi connectivity index (χ2v) is 4.28. The Morgan fingerprint density at radius 1 is 1.45 bits per heavy atom. The van der Waals surface area contributed by atoms with E-state index in [2.05, 4.69) is 15.5 Å². The van der Waals surface area contributed by atoms with Crippen molar-refractivity contribution in [2.24, 2.45) is 5.84 Å². The summed E-state index contributed by atoms with van der Waals surface area (Å²) in [5, 5.41) is 4.25. The van der Waals surface area contributed by atoms with Crippen LogP contribution in [0.1, 0.15) is 22.0 Å². The van der Waals surface area contributed by atoms with E-state index in [1.54, 1.807) is 28.9 Å². The number of aromatic nitrogens is 3. The quantitative estimate of drug-likeness (QED) is 0.473. The van der Waals surface area contributed by atoms with Crippen molar-refractivity contribution in [3.05, 3.63) is 41.5 Å². The number of hydrazine groups is 1. The third kappa shape index (κ3) is 3.33. The summed E-state index contributed by atoms with van der Waals surface area (Å²) in [6, 6.07) is 6.83. The number of carbonyl (C=O) groups is 1. The maximum atomic E-state index is 11.4. The number of nitrogens with zero attached hydrogens (tertiary/aromatic N) is 3. The van der Waals surface area contributed by atoms with E-state index in [9.17, 15) is 4.79 Å². The van der Waals surface area contributed by atoms with Crippen molar-refractivity contribution in [2.45, 2.75) is 20.4 Å². The number of ether oxygens (including phenoxy) is 1. The molecule has 0 unspecified atom stereocenters.